The summed E-state index contributed by atoms with van der Waals surface area (Å²) in [6, 6.07) is 11.1. The molecular formula is C29H38N4. The van der Waals surface area contributed by atoms with Crippen molar-refractivity contribution in [3.63, 3.8) is 0 Å². The Bertz CT molecular complexity index is 1160. The van der Waals surface area contributed by atoms with Crippen molar-refractivity contribution >= 4 is 0 Å². The summed E-state index contributed by atoms with van der Waals surface area (Å²) >= 11 is 0. The number of rotatable bonds is 4. The normalized spacial score (nSPS) is 18.1. The monoisotopic (exact) mass is 442 g/mol. The summed E-state index contributed by atoms with van der Waals surface area (Å²) in [6.45, 7) is 22.7. The lowest BCUT2D eigenvalue weighted by atomic mass is 9.59. The zero-order valence-electron chi connectivity index (χ0n) is 21.9. The highest BCUT2D eigenvalue weighted by atomic mass is 15.0. The van der Waals surface area contributed by atoms with Gasteiger partial charge in [-0.05, 0) is 45.6 Å². The maximum Gasteiger partial charge on any atom is 0.164 e. The second-order valence-corrected chi connectivity index (χ2v) is 11.8. The maximum atomic E-state index is 4.82. The van der Waals surface area contributed by atoms with E-state index < -0.39 is 0 Å². The standard InChI is InChI=1S/C29H38N4/c1-17(2)24-31-25(18(3)4)33-26(32-24)20-12-14-23(30-16-20)19-11-13-21-22(15-19)28(7,8)29(9,10)27(21,5)6/h11-18H,1-10H3. The molecule has 0 amide bonds. The van der Waals surface area contributed by atoms with E-state index in [1.54, 1.807) is 0 Å². The van der Waals surface area contributed by atoms with E-state index in [4.69, 9.17) is 15.0 Å². The molecule has 33 heavy (non-hydrogen) atoms. The molecule has 174 valence electrons. The topological polar surface area (TPSA) is 51.6 Å². The van der Waals surface area contributed by atoms with Crippen molar-refractivity contribution in [3.05, 3.63) is 59.3 Å². The van der Waals surface area contributed by atoms with Crippen molar-refractivity contribution in [2.24, 2.45) is 5.41 Å². The maximum absolute atomic E-state index is 4.82. The van der Waals surface area contributed by atoms with Gasteiger partial charge in [0.05, 0.1) is 5.69 Å². The van der Waals surface area contributed by atoms with E-state index in [0.29, 0.717) is 5.82 Å². The molecule has 0 saturated carbocycles. The second-order valence-electron chi connectivity index (χ2n) is 11.8. The molecule has 0 fully saturated rings. The summed E-state index contributed by atoms with van der Waals surface area (Å²) in [4.78, 5) is 18.9. The lowest BCUT2D eigenvalue weighted by Gasteiger charge is -2.44. The molecule has 0 N–H and O–H groups in total. The first-order valence-electron chi connectivity index (χ1n) is 12.1. The van der Waals surface area contributed by atoms with Crippen LogP contribution in [0.25, 0.3) is 22.6 Å². The summed E-state index contributed by atoms with van der Waals surface area (Å²) in [5.41, 5.74) is 6.28. The van der Waals surface area contributed by atoms with Crippen LogP contribution in [0.4, 0.5) is 0 Å². The average Bonchev–Trinajstić information content (AvgIpc) is 2.87. The molecule has 0 bridgehead atoms. The van der Waals surface area contributed by atoms with Gasteiger partial charge in [-0.15, -0.1) is 0 Å². The molecule has 3 aromatic rings. The average molecular weight is 443 g/mol. The van der Waals surface area contributed by atoms with Gasteiger partial charge in [-0.3, -0.25) is 4.98 Å². The van der Waals surface area contributed by atoms with Crippen LogP contribution >= 0.6 is 0 Å². The predicted molar refractivity (Wildman–Crippen MR) is 137 cm³/mol. The second kappa shape index (κ2) is 7.72. The van der Waals surface area contributed by atoms with Crippen LogP contribution in [0.2, 0.25) is 0 Å². The molecule has 4 nitrogen and oxygen atoms in total. The number of hydrogen-bond acceptors (Lipinski definition) is 4. The van der Waals surface area contributed by atoms with Gasteiger partial charge in [0.1, 0.15) is 11.6 Å². The van der Waals surface area contributed by atoms with E-state index in [2.05, 4.69) is 105 Å². The van der Waals surface area contributed by atoms with Crippen LogP contribution in [0.5, 0.6) is 0 Å². The number of hydrogen-bond donors (Lipinski definition) is 0. The number of benzene rings is 1. The highest BCUT2D eigenvalue weighted by molar-refractivity contribution is 5.66. The molecule has 1 aromatic carbocycles. The molecule has 0 aliphatic heterocycles. The van der Waals surface area contributed by atoms with E-state index in [0.717, 1.165) is 28.5 Å². The minimum absolute atomic E-state index is 0.0765. The Morgan fingerprint density at radius 1 is 0.636 bits per heavy atom. The van der Waals surface area contributed by atoms with Gasteiger partial charge in [0.15, 0.2) is 5.82 Å². The van der Waals surface area contributed by atoms with Crippen LogP contribution in [0, 0.1) is 5.41 Å². The van der Waals surface area contributed by atoms with Crippen LogP contribution in [0.15, 0.2) is 36.5 Å². The molecule has 2 aromatic heterocycles. The number of fused-ring (bicyclic) bond motifs is 1. The molecule has 0 radical (unpaired) electrons. The highest BCUT2D eigenvalue weighted by Crippen LogP contribution is 2.61. The smallest absolute Gasteiger partial charge is 0.164 e. The fourth-order valence-corrected chi connectivity index (χ4v) is 4.97. The summed E-state index contributed by atoms with van der Waals surface area (Å²) in [5, 5.41) is 0. The van der Waals surface area contributed by atoms with Crippen LogP contribution in [0.3, 0.4) is 0 Å². The van der Waals surface area contributed by atoms with Gasteiger partial charge in [0, 0.05) is 29.2 Å². The number of pyridine rings is 1. The van der Waals surface area contributed by atoms with Crippen molar-refractivity contribution in [2.75, 3.05) is 0 Å². The molecule has 0 spiro atoms. The molecule has 4 heteroatoms. The van der Waals surface area contributed by atoms with Gasteiger partial charge in [-0.25, -0.2) is 15.0 Å². The van der Waals surface area contributed by atoms with Crippen LogP contribution in [-0.2, 0) is 10.8 Å². The fraction of sp³-hybridized carbons (Fsp3) is 0.517. The van der Waals surface area contributed by atoms with Gasteiger partial charge in [0.25, 0.3) is 0 Å². The van der Waals surface area contributed by atoms with Gasteiger partial charge < -0.3 is 0 Å². The Morgan fingerprint density at radius 3 is 1.70 bits per heavy atom. The minimum atomic E-state index is 0.0765. The van der Waals surface area contributed by atoms with Crippen LogP contribution in [0.1, 0.15) is 104 Å². The zero-order valence-corrected chi connectivity index (χ0v) is 21.9. The molecular weight excluding hydrogens is 404 g/mol. The summed E-state index contributed by atoms with van der Waals surface area (Å²) < 4.78 is 0. The quantitative estimate of drug-likeness (QED) is 0.421. The molecule has 1 aliphatic rings. The largest absolute Gasteiger partial charge is 0.255 e. The molecule has 0 atom stereocenters. The Hall–Kier alpha value is -2.62. The third-order valence-electron chi connectivity index (χ3n) is 8.51. The predicted octanol–water partition coefficient (Wildman–Crippen LogP) is 7.44. The molecule has 0 saturated heterocycles. The Morgan fingerprint density at radius 2 is 1.18 bits per heavy atom. The van der Waals surface area contributed by atoms with Crippen molar-refractivity contribution in [1.29, 1.82) is 0 Å². The zero-order chi connectivity index (χ0) is 24.3. The lowest BCUT2D eigenvalue weighted by Crippen LogP contribution is -2.42. The summed E-state index contributed by atoms with van der Waals surface area (Å²) in [5.74, 6) is 2.87. The third kappa shape index (κ3) is 3.59. The molecule has 1 aliphatic carbocycles. The van der Waals surface area contributed by atoms with Crippen molar-refractivity contribution in [1.82, 2.24) is 19.9 Å². The summed E-state index contributed by atoms with van der Waals surface area (Å²) in [7, 11) is 0. The van der Waals surface area contributed by atoms with E-state index in [1.807, 2.05) is 6.20 Å². The molecule has 4 rings (SSSR count). The molecule has 0 unspecified atom stereocenters. The van der Waals surface area contributed by atoms with Crippen molar-refractivity contribution in [2.45, 2.75) is 91.9 Å². The van der Waals surface area contributed by atoms with Gasteiger partial charge in [0.2, 0.25) is 0 Å². The Kier molecular flexibility index (Phi) is 5.50. The SMILES string of the molecule is CC(C)c1nc(-c2ccc(-c3ccc4c(c3)C(C)(C)C(C)(C)C4(C)C)nc2)nc(C(C)C)n1. The van der Waals surface area contributed by atoms with E-state index in [-0.39, 0.29) is 28.1 Å². The minimum Gasteiger partial charge on any atom is -0.255 e. The molecule has 2 heterocycles. The van der Waals surface area contributed by atoms with E-state index in [1.165, 1.54) is 11.1 Å². The van der Waals surface area contributed by atoms with E-state index >= 15 is 0 Å². The first-order chi connectivity index (χ1) is 15.3. The first-order valence-corrected chi connectivity index (χ1v) is 12.1. The summed E-state index contributed by atoms with van der Waals surface area (Å²) in [6.07, 6.45) is 1.89. The third-order valence-corrected chi connectivity index (χ3v) is 8.51. The number of nitrogens with zero attached hydrogens (tertiary/aromatic N) is 4. The van der Waals surface area contributed by atoms with E-state index in [9.17, 15) is 0 Å². The van der Waals surface area contributed by atoms with Gasteiger partial charge in [-0.1, -0.05) is 81.4 Å². The fourth-order valence-electron chi connectivity index (χ4n) is 4.97. The lowest BCUT2D eigenvalue weighted by molar-refractivity contribution is 0.125. The first kappa shape index (κ1) is 23.5. The van der Waals surface area contributed by atoms with Gasteiger partial charge in [-0.2, -0.15) is 0 Å². The van der Waals surface area contributed by atoms with Crippen molar-refractivity contribution in [3.8, 4) is 22.6 Å². The Labute approximate surface area is 199 Å². The van der Waals surface area contributed by atoms with Crippen LogP contribution in [-0.4, -0.2) is 19.9 Å². The number of aromatic nitrogens is 4. The van der Waals surface area contributed by atoms with Crippen LogP contribution < -0.4 is 0 Å². The highest BCUT2D eigenvalue weighted by Gasteiger charge is 2.56. The Balaban J connectivity index is 1.73. The van der Waals surface area contributed by atoms with Crippen molar-refractivity contribution < 1.29 is 0 Å². The van der Waals surface area contributed by atoms with Gasteiger partial charge >= 0.3 is 0 Å².